The van der Waals surface area contributed by atoms with E-state index < -0.39 is 66.2 Å². The summed E-state index contributed by atoms with van der Waals surface area (Å²) in [6.45, 7) is 5.74. The van der Waals surface area contributed by atoms with Crippen molar-refractivity contribution < 1.29 is 52.5 Å². The van der Waals surface area contributed by atoms with Gasteiger partial charge in [-0.1, -0.05) is 42.1 Å². The number of rotatable bonds is 11. The predicted octanol–water partition coefficient (Wildman–Crippen LogP) is 2.14. The summed E-state index contributed by atoms with van der Waals surface area (Å²) < 4.78 is 28.0. The molecule has 2 heterocycles. The maximum Gasteiger partial charge on any atom is 0.303 e. The number of hydrogen-bond donors (Lipinski definition) is 1. The van der Waals surface area contributed by atoms with Crippen molar-refractivity contribution in [3.8, 4) is 0 Å². The normalized spacial score (nSPS) is 24.5. The molecule has 1 aromatic carbocycles. The summed E-state index contributed by atoms with van der Waals surface area (Å²) in [4.78, 5) is 73.6. The third-order valence-corrected chi connectivity index (χ3v) is 8.26. The number of carbonyl (C=O) groups excluding carboxylic acids is 6. The highest BCUT2D eigenvalue weighted by molar-refractivity contribution is 8.22. The first-order valence-corrected chi connectivity index (χ1v) is 14.5. The van der Waals surface area contributed by atoms with E-state index in [4.69, 9.17) is 23.7 Å². The Hall–Kier alpha value is -3.69. The fourth-order valence-electron chi connectivity index (χ4n) is 4.04. The van der Waals surface area contributed by atoms with Crippen molar-refractivity contribution in [1.82, 2.24) is 5.43 Å². The number of ketones is 1. The van der Waals surface area contributed by atoms with Gasteiger partial charge in [-0.2, -0.15) is 5.10 Å². The van der Waals surface area contributed by atoms with Gasteiger partial charge in [0, 0.05) is 33.3 Å². The van der Waals surface area contributed by atoms with Gasteiger partial charge in [0.05, 0.1) is 21.3 Å². The van der Waals surface area contributed by atoms with Crippen LogP contribution in [-0.4, -0.2) is 83.5 Å². The summed E-state index contributed by atoms with van der Waals surface area (Å²) >= 11 is 1.97. The van der Waals surface area contributed by atoms with E-state index in [2.05, 4.69) is 10.5 Å². The number of hydrogen-bond acceptors (Lipinski definition) is 14. The molecule has 15 heteroatoms. The molecule has 5 atom stereocenters. The number of benzene rings is 1. The number of ether oxygens (including phenoxy) is 5. The van der Waals surface area contributed by atoms with Crippen molar-refractivity contribution in [3.05, 3.63) is 45.7 Å². The van der Waals surface area contributed by atoms with E-state index in [1.165, 1.54) is 6.92 Å². The monoisotopic (exact) mass is 622 g/mol. The van der Waals surface area contributed by atoms with Gasteiger partial charge >= 0.3 is 23.9 Å². The van der Waals surface area contributed by atoms with Crippen LogP contribution in [0.3, 0.4) is 0 Å². The lowest BCUT2D eigenvalue weighted by Gasteiger charge is -2.44. The van der Waals surface area contributed by atoms with Crippen molar-refractivity contribution in [2.45, 2.75) is 64.5 Å². The van der Waals surface area contributed by atoms with E-state index in [1.54, 1.807) is 37.3 Å². The highest BCUT2D eigenvalue weighted by atomic mass is 32.2. The average molecular weight is 623 g/mol. The van der Waals surface area contributed by atoms with Gasteiger partial charge in [0.1, 0.15) is 18.1 Å². The second kappa shape index (κ2) is 15.0. The van der Waals surface area contributed by atoms with Crippen LogP contribution in [0.5, 0.6) is 0 Å². The minimum absolute atomic E-state index is 0.0678. The maximum atomic E-state index is 12.9. The number of nitrogens with one attached hydrogen (secondary N) is 1. The van der Waals surface area contributed by atoms with Crippen LogP contribution in [0.25, 0.3) is 0 Å². The van der Waals surface area contributed by atoms with Gasteiger partial charge in [0.2, 0.25) is 0 Å². The lowest BCUT2D eigenvalue weighted by Crippen LogP contribution is -2.61. The fraction of sp³-hybridized carbons (Fsp3) is 0.444. The first-order valence-electron chi connectivity index (χ1n) is 12.6. The molecule has 1 saturated heterocycles. The smallest absolute Gasteiger partial charge is 0.303 e. The lowest BCUT2D eigenvalue weighted by atomic mass is 9.99. The van der Waals surface area contributed by atoms with Crippen LogP contribution in [0.1, 0.15) is 45.0 Å². The summed E-state index contributed by atoms with van der Waals surface area (Å²) in [6, 6.07) is 8.56. The van der Waals surface area contributed by atoms with E-state index in [0.29, 0.717) is 15.5 Å². The molecule has 2 aliphatic rings. The van der Waals surface area contributed by atoms with E-state index in [1.807, 2.05) is 0 Å². The molecule has 42 heavy (non-hydrogen) atoms. The van der Waals surface area contributed by atoms with Gasteiger partial charge in [-0.15, -0.1) is 11.8 Å². The van der Waals surface area contributed by atoms with Crippen molar-refractivity contribution in [2.24, 2.45) is 5.10 Å². The maximum absolute atomic E-state index is 12.9. The van der Waals surface area contributed by atoms with Crippen LogP contribution in [0, 0.1) is 0 Å². The Bertz CT molecular complexity index is 1300. The molecule has 0 aromatic heterocycles. The first-order chi connectivity index (χ1) is 19.9. The first kappa shape index (κ1) is 32.8. The topological polar surface area (TPSA) is 173 Å². The van der Waals surface area contributed by atoms with Crippen molar-refractivity contribution in [1.29, 1.82) is 0 Å². The molecule has 0 radical (unpaired) electrons. The Labute approximate surface area is 250 Å². The Morgan fingerprint density at radius 1 is 0.881 bits per heavy atom. The van der Waals surface area contributed by atoms with Crippen molar-refractivity contribution >= 4 is 64.8 Å². The summed E-state index contributed by atoms with van der Waals surface area (Å²) in [5.41, 5.74) is 2.16. The lowest BCUT2D eigenvalue weighted by molar-refractivity contribution is -0.237. The van der Waals surface area contributed by atoms with Crippen LogP contribution < -0.4 is 5.43 Å². The summed E-state index contributed by atoms with van der Waals surface area (Å²) in [5, 5.41) is 3.97. The molecule has 0 saturated carbocycles. The van der Waals surface area contributed by atoms with Crippen LogP contribution in [0.2, 0.25) is 0 Å². The molecular weight excluding hydrogens is 592 g/mol. The van der Waals surface area contributed by atoms with Gasteiger partial charge < -0.3 is 23.7 Å². The Balaban J connectivity index is 2.03. The van der Waals surface area contributed by atoms with Gasteiger partial charge in [0.25, 0.3) is 5.91 Å². The van der Waals surface area contributed by atoms with Gasteiger partial charge in [-0.25, -0.2) is 5.43 Å². The van der Waals surface area contributed by atoms with Crippen LogP contribution >= 0.6 is 23.5 Å². The third-order valence-electron chi connectivity index (χ3n) is 5.72. The largest absolute Gasteiger partial charge is 0.463 e. The van der Waals surface area contributed by atoms with E-state index in [-0.39, 0.29) is 17.1 Å². The third kappa shape index (κ3) is 8.90. The molecule has 0 aliphatic carbocycles. The number of nitrogens with zero attached hydrogens (tertiary/aromatic N) is 1. The van der Waals surface area contributed by atoms with Gasteiger partial charge in [0.15, 0.2) is 24.1 Å². The second-order valence-electron chi connectivity index (χ2n) is 9.06. The minimum atomic E-state index is -1.38. The Morgan fingerprint density at radius 2 is 1.48 bits per heavy atom. The van der Waals surface area contributed by atoms with Crippen molar-refractivity contribution in [2.75, 3.05) is 12.4 Å². The molecule has 0 spiro atoms. The van der Waals surface area contributed by atoms with Crippen LogP contribution in [0.4, 0.5) is 0 Å². The number of carbonyl (C=O) groups is 6. The van der Waals surface area contributed by atoms with E-state index in [0.717, 1.165) is 44.3 Å². The Kier molecular flexibility index (Phi) is 11.7. The molecular formula is C27H30N2O11S2. The molecule has 0 bridgehead atoms. The standard InChI is InChI=1S/C27H30N2O11S2/c1-13-21(25(35)29-28-13)27(41-12-19(34)18-9-7-6-8-10-18)42-26-24(39-17(5)33)23(38-16(4)32)22(37-15(3)31)20(40-26)11-36-14(2)30/h6-10,20,22-24,26H,11-12H2,1-5H3,(H,29,35)/b27-21+/t20-,22-,23+,24-,26+/m1/s1. The molecule has 1 aromatic rings. The molecule has 0 unspecified atom stereocenters. The zero-order valence-electron chi connectivity index (χ0n) is 23.4. The van der Waals surface area contributed by atoms with E-state index >= 15 is 0 Å². The molecule has 226 valence electrons. The number of hydrazone groups is 1. The highest BCUT2D eigenvalue weighted by Crippen LogP contribution is 2.43. The number of amides is 1. The van der Waals surface area contributed by atoms with Gasteiger partial charge in [-0.3, -0.25) is 28.8 Å². The zero-order valence-corrected chi connectivity index (χ0v) is 25.1. The summed E-state index contributed by atoms with van der Waals surface area (Å²) in [5.74, 6) is -3.75. The minimum Gasteiger partial charge on any atom is -0.463 e. The molecule has 1 amide bonds. The quantitative estimate of drug-likeness (QED) is 0.165. The number of Topliss-reactive ketones (excluding diaryl/α,β-unsaturated/α-hetero) is 1. The zero-order chi connectivity index (χ0) is 31.0. The summed E-state index contributed by atoms with van der Waals surface area (Å²) in [6.07, 6.45) is -5.22. The van der Waals surface area contributed by atoms with Crippen LogP contribution in [-0.2, 0) is 47.7 Å². The Morgan fingerprint density at radius 3 is 2.02 bits per heavy atom. The second-order valence-corrected chi connectivity index (χ2v) is 11.4. The predicted molar refractivity (Wildman–Crippen MR) is 151 cm³/mol. The van der Waals surface area contributed by atoms with Crippen molar-refractivity contribution in [3.63, 3.8) is 0 Å². The average Bonchev–Trinajstić information content (AvgIpc) is 3.25. The molecule has 1 fully saturated rings. The van der Waals surface area contributed by atoms with Crippen LogP contribution in [0.15, 0.2) is 45.2 Å². The number of esters is 4. The SMILES string of the molecule is CC(=O)OC[C@H]1O[C@@H](S/C(SCC(=O)c2ccccc2)=C2/C(=O)NN=C2C)[C@H](OC(C)=O)[C@@H](OC(C)=O)[C@@H]1OC(C)=O. The van der Waals surface area contributed by atoms with Gasteiger partial charge in [-0.05, 0) is 6.92 Å². The fourth-order valence-corrected chi connectivity index (χ4v) is 6.70. The molecule has 3 rings (SSSR count). The molecule has 2 aliphatic heterocycles. The number of thioether (sulfide) groups is 2. The highest BCUT2D eigenvalue weighted by Gasteiger charge is 2.53. The van der Waals surface area contributed by atoms with E-state index in [9.17, 15) is 28.8 Å². The summed E-state index contributed by atoms with van der Waals surface area (Å²) in [7, 11) is 0. The molecule has 1 N–H and O–H groups in total. The molecule has 13 nitrogen and oxygen atoms in total.